The van der Waals surface area contributed by atoms with E-state index in [4.69, 9.17) is 16.1 Å². The first kappa shape index (κ1) is 24.3. The molecule has 2 aromatic heterocycles. The highest BCUT2D eigenvalue weighted by Crippen LogP contribution is 2.35. The summed E-state index contributed by atoms with van der Waals surface area (Å²) in [7, 11) is 0. The highest BCUT2D eigenvalue weighted by molar-refractivity contribution is 6.32. The number of carbonyl (C=O) groups excluding carboxylic acids is 1. The largest absolute Gasteiger partial charge is 0.435 e. The third kappa shape index (κ3) is 4.85. The van der Waals surface area contributed by atoms with Crippen LogP contribution >= 0.6 is 11.6 Å². The maximum absolute atomic E-state index is 13.5. The lowest BCUT2D eigenvalue weighted by Crippen LogP contribution is -2.12. The number of nitrogens with zero attached hydrogens (tertiary/aromatic N) is 3. The summed E-state index contributed by atoms with van der Waals surface area (Å²) in [4.78, 5) is 13.0. The summed E-state index contributed by atoms with van der Waals surface area (Å²) >= 11 is 6.24. The molecule has 10 heteroatoms. The monoisotopic (exact) mass is 522 g/mol. The highest BCUT2D eigenvalue weighted by Gasteiger charge is 2.35. The second kappa shape index (κ2) is 9.59. The first-order valence-corrected chi connectivity index (χ1v) is 11.5. The molecule has 5 rings (SSSR count). The zero-order valence-electron chi connectivity index (χ0n) is 19.3. The van der Waals surface area contributed by atoms with Gasteiger partial charge < -0.3 is 9.84 Å². The smallest absolute Gasteiger partial charge is 0.359 e. The number of aromatic nitrogens is 3. The zero-order chi connectivity index (χ0) is 26.2. The lowest BCUT2D eigenvalue weighted by molar-refractivity contribution is -0.141. The van der Waals surface area contributed by atoms with Gasteiger partial charge in [-0.3, -0.25) is 4.79 Å². The van der Waals surface area contributed by atoms with Crippen LogP contribution < -0.4 is 5.32 Å². The fraction of sp³-hybridized carbons (Fsp3) is 0.0741. The van der Waals surface area contributed by atoms with Crippen LogP contribution in [-0.2, 0) is 6.18 Å². The van der Waals surface area contributed by atoms with Gasteiger partial charge in [-0.25, -0.2) is 4.68 Å². The second-order valence-corrected chi connectivity index (χ2v) is 8.54. The number of anilines is 1. The molecule has 186 valence electrons. The minimum absolute atomic E-state index is 0.175. The van der Waals surface area contributed by atoms with E-state index in [9.17, 15) is 18.0 Å². The van der Waals surface area contributed by atoms with Gasteiger partial charge in [-0.05, 0) is 37.3 Å². The lowest BCUT2D eigenvalue weighted by atomic mass is 10.1. The first-order valence-electron chi connectivity index (χ1n) is 11.1. The van der Waals surface area contributed by atoms with Crippen molar-refractivity contribution < 1.29 is 22.5 Å². The molecule has 0 aliphatic rings. The molecular weight excluding hydrogens is 505 g/mol. The van der Waals surface area contributed by atoms with E-state index in [0.717, 1.165) is 16.3 Å². The molecule has 1 N–H and O–H groups in total. The fourth-order valence-electron chi connectivity index (χ4n) is 3.82. The Balaban J connectivity index is 1.46. The van der Waals surface area contributed by atoms with Gasteiger partial charge in [0.05, 0.1) is 16.4 Å². The van der Waals surface area contributed by atoms with E-state index < -0.39 is 17.8 Å². The van der Waals surface area contributed by atoms with Crippen molar-refractivity contribution >= 4 is 23.2 Å². The molecule has 0 bridgehead atoms. The number of benzene rings is 3. The summed E-state index contributed by atoms with van der Waals surface area (Å²) in [5.41, 5.74) is 1.84. The average molecular weight is 523 g/mol. The lowest BCUT2D eigenvalue weighted by Gasteiger charge is -2.10. The van der Waals surface area contributed by atoms with Crippen LogP contribution in [0, 0.1) is 6.92 Å². The van der Waals surface area contributed by atoms with Crippen LogP contribution in [0.1, 0.15) is 21.8 Å². The molecule has 0 aliphatic carbocycles. The standard InChI is InChI=1S/C27H18ClF3N4O2/c1-16-24(25(34-37-16)18-7-3-2-4-8-18)32-26(36)19-13-11-17(12-14-19)22-15-23(27(29,30)31)33-35(22)21-10-6-5-9-20(21)28/h2-15H,1H3,(H,32,36). The van der Waals surface area contributed by atoms with Gasteiger partial charge in [-0.2, -0.15) is 18.3 Å². The van der Waals surface area contributed by atoms with Crippen LogP contribution in [0.15, 0.2) is 89.5 Å². The third-order valence-electron chi connectivity index (χ3n) is 5.67. The zero-order valence-corrected chi connectivity index (χ0v) is 20.0. The molecule has 3 aromatic carbocycles. The summed E-state index contributed by atoms with van der Waals surface area (Å²) in [5, 5.41) is 10.9. The Morgan fingerprint density at radius 2 is 1.62 bits per heavy atom. The van der Waals surface area contributed by atoms with Crippen LogP contribution in [0.3, 0.4) is 0 Å². The van der Waals surface area contributed by atoms with Crippen molar-refractivity contribution in [2.45, 2.75) is 13.1 Å². The normalized spacial score (nSPS) is 11.5. The molecule has 1 amide bonds. The van der Waals surface area contributed by atoms with Crippen LogP contribution in [0.4, 0.5) is 18.9 Å². The molecule has 0 saturated heterocycles. The van der Waals surface area contributed by atoms with Gasteiger partial charge in [0.25, 0.3) is 5.91 Å². The van der Waals surface area contributed by atoms with E-state index in [-0.39, 0.29) is 10.7 Å². The van der Waals surface area contributed by atoms with Crippen molar-refractivity contribution in [1.29, 1.82) is 0 Å². The van der Waals surface area contributed by atoms with Crippen molar-refractivity contribution in [3.63, 3.8) is 0 Å². The van der Waals surface area contributed by atoms with E-state index in [1.54, 1.807) is 43.3 Å². The Bertz CT molecular complexity index is 1580. The van der Waals surface area contributed by atoms with Crippen LogP contribution in [0.25, 0.3) is 28.2 Å². The summed E-state index contributed by atoms with van der Waals surface area (Å²) < 4.78 is 46.9. The number of nitrogens with one attached hydrogen (secondary N) is 1. The average Bonchev–Trinajstić information content (AvgIpc) is 3.49. The molecule has 2 heterocycles. The summed E-state index contributed by atoms with van der Waals surface area (Å²) in [5.74, 6) is 0.0118. The van der Waals surface area contributed by atoms with Gasteiger partial charge >= 0.3 is 6.18 Å². The molecule has 5 aromatic rings. The van der Waals surface area contributed by atoms with E-state index >= 15 is 0 Å². The summed E-state index contributed by atoms with van der Waals surface area (Å²) in [6.45, 7) is 1.69. The molecule has 0 aliphatic heterocycles. The molecule has 0 unspecified atom stereocenters. The van der Waals surface area contributed by atoms with Crippen LogP contribution in [0.5, 0.6) is 0 Å². The van der Waals surface area contributed by atoms with E-state index in [0.29, 0.717) is 34.0 Å². The van der Waals surface area contributed by atoms with Gasteiger partial charge in [0.2, 0.25) is 0 Å². The van der Waals surface area contributed by atoms with E-state index in [2.05, 4.69) is 15.6 Å². The molecule has 37 heavy (non-hydrogen) atoms. The van der Waals surface area contributed by atoms with Crippen LogP contribution in [0.2, 0.25) is 5.02 Å². The quantitative estimate of drug-likeness (QED) is 0.260. The van der Waals surface area contributed by atoms with Crippen molar-refractivity contribution in [3.05, 3.63) is 107 Å². The topological polar surface area (TPSA) is 73.0 Å². The van der Waals surface area contributed by atoms with Gasteiger partial charge in [0.1, 0.15) is 11.4 Å². The van der Waals surface area contributed by atoms with Gasteiger partial charge in [0.15, 0.2) is 11.5 Å². The number of para-hydroxylation sites is 1. The Morgan fingerprint density at radius 3 is 2.30 bits per heavy atom. The number of aryl methyl sites for hydroxylation is 1. The number of rotatable bonds is 5. The van der Waals surface area contributed by atoms with Crippen molar-refractivity contribution in [2.75, 3.05) is 5.32 Å². The molecular formula is C27H18ClF3N4O2. The van der Waals surface area contributed by atoms with Crippen molar-refractivity contribution in [1.82, 2.24) is 14.9 Å². The fourth-order valence-corrected chi connectivity index (χ4v) is 4.04. The molecule has 0 atom stereocenters. The third-order valence-corrected chi connectivity index (χ3v) is 5.99. The number of carbonyl (C=O) groups is 1. The number of alkyl halides is 3. The van der Waals surface area contributed by atoms with Gasteiger partial charge in [0, 0.05) is 16.7 Å². The van der Waals surface area contributed by atoms with Gasteiger partial charge in [-0.15, -0.1) is 0 Å². The molecule has 0 spiro atoms. The number of halogens is 4. The number of hydrogen-bond acceptors (Lipinski definition) is 4. The Kier molecular flexibility index (Phi) is 6.31. The Morgan fingerprint density at radius 1 is 0.946 bits per heavy atom. The van der Waals surface area contributed by atoms with E-state index in [1.165, 1.54) is 12.1 Å². The van der Waals surface area contributed by atoms with Crippen LogP contribution in [-0.4, -0.2) is 20.8 Å². The van der Waals surface area contributed by atoms with Crippen molar-refractivity contribution in [2.24, 2.45) is 0 Å². The van der Waals surface area contributed by atoms with E-state index in [1.807, 2.05) is 30.3 Å². The van der Waals surface area contributed by atoms with Crippen molar-refractivity contribution in [3.8, 4) is 28.2 Å². The summed E-state index contributed by atoms with van der Waals surface area (Å²) in [6.07, 6.45) is -4.64. The predicted molar refractivity (Wildman–Crippen MR) is 134 cm³/mol. The molecule has 0 saturated carbocycles. The predicted octanol–water partition coefficient (Wildman–Crippen LogP) is 7.43. The Hall–Kier alpha value is -4.37. The minimum Gasteiger partial charge on any atom is -0.359 e. The minimum atomic E-state index is -4.64. The SMILES string of the molecule is Cc1onc(-c2ccccc2)c1NC(=O)c1ccc(-c2cc(C(F)(F)F)nn2-c2ccccc2Cl)cc1. The maximum atomic E-state index is 13.5. The second-order valence-electron chi connectivity index (χ2n) is 8.14. The number of amides is 1. The molecule has 6 nitrogen and oxygen atoms in total. The summed E-state index contributed by atoms with van der Waals surface area (Å²) in [6, 6.07) is 22.8. The molecule has 0 fully saturated rings. The molecule has 0 radical (unpaired) electrons. The Labute approximate surface area is 214 Å². The highest BCUT2D eigenvalue weighted by atomic mass is 35.5. The number of hydrogen-bond donors (Lipinski definition) is 1. The van der Waals surface area contributed by atoms with Gasteiger partial charge in [-0.1, -0.05) is 71.4 Å². The first-order chi connectivity index (χ1) is 17.7. The maximum Gasteiger partial charge on any atom is 0.435 e.